The quantitative estimate of drug-likeness (QED) is 0.844. The molecule has 2 rings (SSSR count). The van der Waals surface area contributed by atoms with Gasteiger partial charge in [-0.25, -0.2) is 0 Å². The lowest BCUT2D eigenvalue weighted by molar-refractivity contribution is -0.118. The van der Waals surface area contributed by atoms with Gasteiger partial charge in [-0.05, 0) is 55.7 Å². The van der Waals surface area contributed by atoms with Gasteiger partial charge in [-0.15, -0.1) is 11.8 Å². The molecule has 3 nitrogen and oxygen atoms in total. The van der Waals surface area contributed by atoms with Crippen LogP contribution in [0.15, 0.2) is 18.2 Å². The minimum Gasteiger partial charge on any atom is -0.325 e. The van der Waals surface area contributed by atoms with Crippen molar-refractivity contribution >= 4 is 23.4 Å². The fourth-order valence-corrected chi connectivity index (χ4v) is 3.66. The number of amides is 1. The van der Waals surface area contributed by atoms with E-state index < -0.39 is 0 Å². The predicted molar refractivity (Wildman–Crippen MR) is 90.5 cm³/mol. The molecule has 4 heteroatoms. The standard InChI is InChI=1S/C17H22N2OS/c1-3-14-12-13(6-4-10-18)7-8-15(14)19-16(20)17(2)9-5-11-21-17/h7-8,12H,3,5,9-11,18H2,1-2H3,(H,19,20). The summed E-state index contributed by atoms with van der Waals surface area (Å²) in [5.41, 5.74) is 8.34. The number of carbonyl (C=O) groups excluding carboxylic acids is 1. The zero-order valence-corrected chi connectivity index (χ0v) is 13.5. The molecule has 1 amide bonds. The Morgan fingerprint density at radius 2 is 2.33 bits per heavy atom. The van der Waals surface area contributed by atoms with Crippen LogP contribution in [0.5, 0.6) is 0 Å². The number of aryl methyl sites for hydroxylation is 1. The molecule has 1 atom stereocenters. The Kier molecular flexibility index (Phi) is 5.33. The summed E-state index contributed by atoms with van der Waals surface area (Å²) in [5, 5.41) is 3.09. The average Bonchev–Trinajstić information content (AvgIpc) is 2.94. The van der Waals surface area contributed by atoms with Crippen molar-refractivity contribution in [3.8, 4) is 11.8 Å². The van der Waals surface area contributed by atoms with E-state index in [0.717, 1.165) is 41.8 Å². The second-order valence-electron chi connectivity index (χ2n) is 5.37. The molecule has 21 heavy (non-hydrogen) atoms. The molecule has 1 aliphatic rings. The van der Waals surface area contributed by atoms with Crippen molar-refractivity contribution in [3.05, 3.63) is 29.3 Å². The van der Waals surface area contributed by atoms with Crippen LogP contribution in [0, 0.1) is 11.8 Å². The first-order valence-corrected chi connectivity index (χ1v) is 8.35. The predicted octanol–water partition coefficient (Wildman–Crippen LogP) is 2.78. The lowest BCUT2D eigenvalue weighted by Crippen LogP contribution is -2.34. The summed E-state index contributed by atoms with van der Waals surface area (Å²) in [6.45, 7) is 4.47. The van der Waals surface area contributed by atoms with Crippen molar-refractivity contribution in [2.45, 2.75) is 37.9 Å². The highest BCUT2D eigenvalue weighted by Gasteiger charge is 2.37. The molecular weight excluding hydrogens is 280 g/mol. The van der Waals surface area contributed by atoms with Crippen LogP contribution in [0.25, 0.3) is 0 Å². The minimum atomic E-state index is -0.289. The van der Waals surface area contributed by atoms with Gasteiger partial charge in [0.15, 0.2) is 0 Å². The van der Waals surface area contributed by atoms with Crippen molar-refractivity contribution in [1.82, 2.24) is 0 Å². The molecule has 1 aromatic carbocycles. The first-order valence-electron chi connectivity index (χ1n) is 7.36. The van der Waals surface area contributed by atoms with E-state index in [0.29, 0.717) is 6.54 Å². The molecule has 1 heterocycles. The van der Waals surface area contributed by atoms with Crippen molar-refractivity contribution in [3.63, 3.8) is 0 Å². The number of nitrogens with one attached hydrogen (secondary N) is 1. The number of nitrogens with two attached hydrogens (primary N) is 1. The van der Waals surface area contributed by atoms with Crippen molar-refractivity contribution in [2.24, 2.45) is 5.73 Å². The van der Waals surface area contributed by atoms with Crippen LogP contribution in [0.1, 0.15) is 37.8 Å². The highest BCUT2D eigenvalue weighted by Crippen LogP contribution is 2.38. The van der Waals surface area contributed by atoms with Crippen molar-refractivity contribution in [2.75, 3.05) is 17.6 Å². The third kappa shape index (κ3) is 3.81. The second-order valence-corrected chi connectivity index (χ2v) is 6.97. The lowest BCUT2D eigenvalue weighted by atomic mass is 10.0. The molecule has 0 radical (unpaired) electrons. The molecule has 0 aromatic heterocycles. The van der Waals surface area contributed by atoms with Gasteiger partial charge in [0.05, 0.1) is 11.3 Å². The van der Waals surface area contributed by atoms with E-state index in [1.165, 1.54) is 0 Å². The average molecular weight is 302 g/mol. The van der Waals surface area contributed by atoms with Gasteiger partial charge >= 0.3 is 0 Å². The van der Waals surface area contributed by atoms with E-state index in [9.17, 15) is 4.79 Å². The summed E-state index contributed by atoms with van der Waals surface area (Å²) < 4.78 is -0.289. The summed E-state index contributed by atoms with van der Waals surface area (Å²) >= 11 is 1.75. The largest absolute Gasteiger partial charge is 0.325 e. The van der Waals surface area contributed by atoms with Gasteiger partial charge in [-0.1, -0.05) is 18.8 Å². The first kappa shape index (κ1) is 15.9. The zero-order chi connectivity index (χ0) is 15.3. The van der Waals surface area contributed by atoms with Crippen LogP contribution in [-0.2, 0) is 11.2 Å². The normalized spacial score (nSPS) is 20.7. The highest BCUT2D eigenvalue weighted by molar-refractivity contribution is 8.01. The molecule has 0 bridgehead atoms. The molecule has 0 saturated carbocycles. The molecule has 0 aliphatic carbocycles. The van der Waals surface area contributed by atoms with Gasteiger partial charge in [-0.3, -0.25) is 4.79 Å². The number of rotatable bonds is 3. The van der Waals surface area contributed by atoms with Crippen LogP contribution in [0.4, 0.5) is 5.69 Å². The summed E-state index contributed by atoms with van der Waals surface area (Å²) in [6.07, 6.45) is 2.92. The van der Waals surface area contributed by atoms with Crippen LogP contribution in [0.3, 0.4) is 0 Å². The van der Waals surface area contributed by atoms with E-state index >= 15 is 0 Å². The SMILES string of the molecule is CCc1cc(C#CCN)ccc1NC(=O)C1(C)CCCS1. The Bertz CT molecular complexity index is 580. The fourth-order valence-electron chi connectivity index (χ4n) is 2.45. The maximum absolute atomic E-state index is 12.5. The number of hydrogen-bond donors (Lipinski definition) is 2. The Balaban J connectivity index is 2.18. The van der Waals surface area contributed by atoms with Gasteiger partial charge in [0.1, 0.15) is 0 Å². The molecule has 1 unspecified atom stereocenters. The van der Waals surface area contributed by atoms with E-state index in [1.807, 2.05) is 25.1 Å². The zero-order valence-electron chi connectivity index (χ0n) is 12.7. The van der Waals surface area contributed by atoms with Gasteiger partial charge in [0.2, 0.25) is 5.91 Å². The Morgan fingerprint density at radius 3 is 2.95 bits per heavy atom. The number of anilines is 1. The van der Waals surface area contributed by atoms with Crippen molar-refractivity contribution < 1.29 is 4.79 Å². The molecule has 1 aromatic rings. The third-order valence-corrected chi connectivity index (χ3v) is 5.29. The molecule has 3 N–H and O–H groups in total. The van der Waals surface area contributed by atoms with Crippen LogP contribution in [0.2, 0.25) is 0 Å². The molecule has 0 spiro atoms. The Labute approximate surface area is 131 Å². The van der Waals surface area contributed by atoms with Crippen molar-refractivity contribution in [1.29, 1.82) is 0 Å². The highest BCUT2D eigenvalue weighted by atomic mass is 32.2. The van der Waals surface area contributed by atoms with Gasteiger partial charge in [0, 0.05) is 11.3 Å². The molecule has 1 saturated heterocycles. The molecule has 1 aliphatic heterocycles. The molecular formula is C17H22N2OS. The minimum absolute atomic E-state index is 0.112. The lowest BCUT2D eigenvalue weighted by Gasteiger charge is -2.22. The van der Waals surface area contributed by atoms with E-state index in [4.69, 9.17) is 5.73 Å². The van der Waals surface area contributed by atoms with E-state index in [2.05, 4.69) is 24.1 Å². The first-order chi connectivity index (χ1) is 10.1. The topological polar surface area (TPSA) is 55.1 Å². The Morgan fingerprint density at radius 1 is 1.52 bits per heavy atom. The van der Waals surface area contributed by atoms with E-state index in [1.54, 1.807) is 11.8 Å². The number of hydrogen-bond acceptors (Lipinski definition) is 3. The molecule has 1 fully saturated rings. The number of carbonyl (C=O) groups is 1. The van der Waals surface area contributed by atoms with Crippen LogP contribution >= 0.6 is 11.8 Å². The second kappa shape index (κ2) is 7.02. The van der Waals surface area contributed by atoms with Gasteiger partial charge in [0.25, 0.3) is 0 Å². The number of thioether (sulfide) groups is 1. The smallest absolute Gasteiger partial charge is 0.240 e. The number of benzene rings is 1. The summed E-state index contributed by atoms with van der Waals surface area (Å²) in [4.78, 5) is 12.5. The van der Waals surface area contributed by atoms with Crippen LogP contribution < -0.4 is 11.1 Å². The van der Waals surface area contributed by atoms with Crippen LogP contribution in [-0.4, -0.2) is 23.0 Å². The van der Waals surface area contributed by atoms with Gasteiger partial charge in [-0.2, -0.15) is 0 Å². The third-order valence-electron chi connectivity index (χ3n) is 3.77. The summed E-state index contributed by atoms with van der Waals surface area (Å²) in [7, 11) is 0. The fraction of sp³-hybridized carbons (Fsp3) is 0.471. The maximum Gasteiger partial charge on any atom is 0.240 e. The maximum atomic E-state index is 12.5. The Hall–Kier alpha value is -1.44. The van der Waals surface area contributed by atoms with E-state index in [-0.39, 0.29) is 10.7 Å². The molecule has 112 valence electrons. The summed E-state index contributed by atoms with van der Waals surface area (Å²) in [6, 6.07) is 5.91. The summed E-state index contributed by atoms with van der Waals surface area (Å²) in [5.74, 6) is 7.06. The van der Waals surface area contributed by atoms with Gasteiger partial charge < -0.3 is 11.1 Å². The monoisotopic (exact) mass is 302 g/mol.